The van der Waals surface area contributed by atoms with Crippen molar-refractivity contribution < 1.29 is 9.59 Å². The van der Waals surface area contributed by atoms with Crippen LogP contribution in [0.2, 0.25) is 0 Å². The van der Waals surface area contributed by atoms with Gasteiger partial charge in [0, 0.05) is 17.3 Å². The Morgan fingerprint density at radius 3 is 2.25 bits per heavy atom. The van der Waals surface area contributed by atoms with Crippen LogP contribution in [-0.4, -0.2) is 11.7 Å². The zero-order chi connectivity index (χ0) is 17.2. The fourth-order valence-electron chi connectivity index (χ4n) is 1.99. The maximum atomic E-state index is 12.0. The molecule has 0 spiro atoms. The first-order valence-electron chi connectivity index (χ1n) is 7.67. The summed E-state index contributed by atoms with van der Waals surface area (Å²) in [5.41, 5.74) is 2.25. The lowest BCUT2D eigenvalue weighted by Gasteiger charge is -2.02. The maximum Gasteiger partial charge on any atom is 0.248 e. The van der Waals surface area contributed by atoms with Crippen molar-refractivity contribution in [3.63, 3.8) is 0 Å². The van der Waals surface area contributed by atoms with Gasteiger partial charge in [0.1, 0.15) is 0 Å². The Bertz CT molecular complexity index is 769. The standard InChI is InChI=1S/C21H19NO2/c1-2-3-5-10-21(24)22-19-14-11-17(12-15-19)13-16-20(23)18-8-6-4-7-9-18/h2-16H,1H3,(H,22,24)/b3-2+,10-5+,16-13+. The molecule has 0 aromatic heterocycles. The van der Waals surface area contributed by atoms with E-state index < -0.39 is 0 Å². The van der Waals surface area contributed by atoms with Crippen molar-refractivity contribution in [1.29, 1.82) is 0 Å². The number of nitrogens with one attached hydrogen (secondary N) is 1. The van der Waals surface area contributed by atoms with E-state index in [-0.39, 0.29) is 11.7 Å². The molecule has 0 radical (unpaired) electrons. The van der Waals surface area contributed by atoms with Crippen LogP contribution >= 0.6 is 0 Å². The van der Waals surface area contributed by atoms with Crippen molar-refractivity contribution in [1.82, 2.24) is 0 Å². The van der Waals surface area contributed by atoms with Crippen LogP contribution in [0.4, 0.5) is 5.69 Å². The third-order valence-electron chi connectivity index (χ3n) is 3.21. The van der Waals surface area contributed by atoms with Crippen LogP contribution < -0.4 is 5.32 Å². The molecule has 0 fully saturated rings. The van der Waals surface area contributed by atoms with Gasteiger partial charge in [-0.1, -0.05) is 66.8 Å². The molecule has 0 heterocycles. The molecule has 1 N–H and O–H groups in total. The first-order chi connectivity index (χ1) is 11.7. The van der Waals surface area contributed by atoms with Gasteiger partial charge in [0.15, 0.2) is 5.78 Å². The summed E-state index contributed by atoms with van der Waals surface area (Å²) in [6, 6.07) is 16.4. The summed E-state index contributed by atoms with van der Waals surface area (Å²) in [5.74, 6) is -0.224. The molecule has 0 saturated carbocycles. The molecule has 3 nitrogen and oxygen atoms in total. The van der Waals surface area contributed by atoms with Crippen LogP contribution in [-0.2, 0) is 4.79 Å². The molecule has 2 aromatic rings. The average molecular weight is 317 g/mol. The van der Waals surface area contributed by atoms with Gasteiger partial charge >= 0.3 is 0 Å². The van der Waals surface area contributed by atoms with Gasteiger partial charge in [-0.2, -0.15) is 0 Å². The third-order valence-corrected chi connectivity index (χ3v) is 3.21. The normalized spacial score (nSPS) is 11.4. The van der Waals surface area contributed by atoms with E-state index in [9.17, 15) is 9.59 Å². The lowest BCUT2D eigenvalue weighted by molar-refractivity contribution is -0.111. The van der Waals surface area contributed by atoms with Gasteiger partial charge in [-0.25, -0.2) is 0 Å². The van der Waals surface area contributed by atoms with E-state index >= 15 is 0 Å². The monoisotopic (exact) mass is 317 g/mol. The van der Waals surface area contributed by atoms with E-state index in [1.807, 2.05) is 43.3 Å². The van der Waals surface area contributed by atoms with E-state index in [1.54, 1.807) is 48.6 Å². The largest absolute Gasteiger partial charge is 0.323 e. The minimum absolute atomic E-state index is 0.0397. The number of carbonyl (C=O) groups excluding carboxylic acids is 2. The van der Waals surface area contributed by atoms with Crippen LogP contribution in [0.25, 0.3) is 6.08 Å². The lowest BCUT2D eigenvalue weighted by atomic mass is 10.1. The summed E-state index contributed by atoms with van der Waals surface area (Å²) in [5, 5.41) is 2.77. The number of carbonyl (C=O) groups is 2. The molecule has 0 saturated heterocycles. The van der Waals surface area contributed by atoms with Crippen molar-refractivity contribution in [2.24, 2.45) is 0 Å². The molecule has 24 heavy (non-hydrogen) atoms. The topological polar surface area (TPSA) is 46.2 Å². The molecule has 0 bridgehead atoms. The molecule has 120 valence electrons. The van der Waals surface area contributed by atoms with E-state index in [4.69, 9.17) is 0 Å². The van der Waals surface area contributed by atoms with Crippen molar-refractivity contribution in [3.05, 3.63) is 96.1 Å². The highest BCUT2D eigenvalue weighted by Crippen LogP contribution is 2.11. The minimum Gasteiger partial charge on any atom is -0.323 e. The number of ketones is 1. The Morgan fingerprint density at radius 2 is 1.58 bits per heavy atom. The van der Waals surface area contributed by atoms with Gasteiger partial charge in [-0.3, -0.25) is 9.59 Å². The first kappa shape index (κ1) is 17.2. The number of rotatable bonds is 6. The minimum atomic E-state index is -0.185. The molecule has 0 atom stereocenters. The van der Waals surface area contributed by atoms with Crippen molar-refractivity contribution in [2.45, 2.75) is 6.92 Å². The van der Waals surface area contributed by atoms with E-state index in [2.05, 4.69) is 5.32 Å². The number of amides is 1. The smallest absolute Gasteiger partial charge is 0.248 e. The Balaban J connectivity index is 1.95. The summed E-state index contributed by atoms with van der Waals surface area (Å²) in [4.78, 5) is 23.7. The van der Waals surface area contributed by atoms with E-state index in [0.29, 0.717) is 11.3 Å². The predicted octanol–water partition coefficient (Wildman–Crippen LogP) is 4.65. The quantitative estimate of drug-likeness (QED) is 0.479. The van der Waals surface area contributed by atoms with Crippen LogP contribution in [0.1, 0.15) is 22.8 Å². The van der Waals surface area contributed by atoms with Crippen LogP contribution in [0, 0.1) is 0 Å². The van der Waals surface area contributed by atoms with Gasteiger partial charge < -0.3 is 5.32 Å². The van der Waals surface area contributed by atoms with Crippen LogP contribution in [0.15, 0.2) is 85.0 Å². The zero-order valence-electron chi connectivity index (χ0n) is 13.5. The lowest BCUT2D eigenvalue weighted by Crippen LogP contribution is -2.07. The van der Waals surface area contributed by atoms with Crippen molar-refractivity contribution in [3.8, 4) is 0 Å². The van der Waals surface area contributed by atoms with Crippen molar-refractivity contribution >= 4 is 23.5 Å². The number of allylic oxidation sites excluding steroid dienone is 4. The maximum absolute atomic E-state index is 12.0. The number of benzene rings is 2. The molecule has 0 aliphatic carbocycles. The van der Waals surface area contributed by atoms with E-state index in [1.165, 1.54) is 6.08 Å². The zero-order valence-corrected chi connectivity index (χ0v) is 13.5. The fraction of sp³-hybridized carbons (Fsp3) is 0.0476. The van der Waals surface area contributed by atoms with E-state index in [0.717, 1.165) is 5.56 Å². The molecule has 3 heteroatoms. The number of anilines is 1. The van der Waals surface area contributed by atoms with Gasteiger partial charge in [0.2, 0.25) is 5.91 Å². The van der Waals surface area contributed by atoms with Gasteiger partial charge in [0.25, 0.3) is 0 Å². The predicted molar refractivity (Wildman–Crippen MR) is 98.8 cm³/mol. The molecular weight excluding hydrogens is 298 g/mol. The Hall–Kier alpha value is -3.20. The molecular formula is C21H19NO2. The molecule has 1 amide bonds. The second-order valence-corrected chi connectivity index (χ2v) is 5.06. The number of hydrogen-bond acceptors (Lipinski definition) is 2. The molecule has 0 aliphatic rings. The molecule has 0 unspecified atom stereocenters. The molecule has 2 aromatic carbocycles. The highest BCUT2D eigenvalue weighted by molar-refractivity contribution is 6.06. The van der Waals surface area contributed by atoms with Gasteiger partial charge in [0.05, 0.1) is 0 Å². The summed E-state index contributed by atoms with van der Waals surface area (Å²) >= 11 is 0. The SMILES string of the molecule is C/C=C/C=C/C(=O)Nc1ccc(/C=C/C(=O)c2ccccc2)cc1. The van der Waals surface area contributed by atoms with Crippen LogP contribution in [0.5, 0.6) is 0 Å². The van der Waals surface area contributed by atoms with Crippen LogP contribution in [0.3, 0.4) is 0 Å². The summed E-state index contributed by atoms with van der Waals surface area (Å²) in [7, 11) is 0. The Morgan fingerprint density at radius 1 is 0.875 bits per heavy atom. The fourth-order valence-corrected chi connectivity index (χ4v) is 1.99. The highest BCUT2D eigenvalue weighted by Gasteiger charge is 2.00. The summed E-state index contributed by atoms with van der Waals surface area (Å²) in [6.45, 7) is 1.89. The second-order valence-electron chi connectivity index (χ2n) is 5.06. The molecule has 0 aliphatic heterocycles. The average Bonchev–Trinajstić information content (AvgIpc) is 2.62. The van der Waals surface area contributed by atoms with Gasteiger partial charge in [-0.15, -0.1) is 0 Å². The Labute approximate surface area is 142 Å². The second kappa shape index (κ2) is 9.06. The summed E-state index contributed by atoms with van der Waals surface area (Å²) in [6.07, 6.45) is 10.1. The highest BCUT2D eigenvalue weighted by atomic mass is 16.1. The van der Waals surface area contributed by atoms with Crippen molar-refractivity contribution in [2.75, 3.05) is 5.32 Å². The Kier molecular flexibility index (Phi) is 6.47. The first-order valence-corrected chi connectivity index (χ1v) is 7.67. The summed E-state index contributed by atoms with van der Waals surface area (Å²) < 4.78 is 0. The number of hydrogen-bond donors (Lipinski definition) is 1. The molecule has 2 rings (SSSR count). The van der Waals surface area contributed by atoms with Gasteiger partial charge in [-0.05, 0) is 30.7 Å². The third kappa shape index (κ3) is 5.54.